The highest BCUT2D eigenvalue weighted by Crippen LogP contribution is 2.22. The molecular formula is C14H14BrClN4O. The molecule has 3 aromatic rings. The van der Waals surface area contributed by atoms with Crippen molar-refractivity contribution in [3.63, 3.8) is 0 Å². The van der Waals surface area contributed by atoms with Crippen LogP contribution in [0.5, 0.6) is 0 Å². The number of aryl methyl sites for hydroxylation is 3. The van der Waals surface area contributed by atoms with Crippen molar-refractivity contribution in [2.24, 2.45) is 0 Å². The smallest absolute Gasteiger partial charge is 0.160 e. The lowest BCUT2D eigenvalue weighted by atomic mass is 10.2. The van der Waals surface area contributed by atoms with Gasteiger partial charge < -0.3 is 9.09 Å². The average molecular weight is 370 g/mol. The van der Waals surface area contributed by atoms with Crippen molar-refractivity contribution in [3.05, 3.63) is 39.6 Å². The third-order valence-corrected chi connectivity index (χ3v) is 4.07. The van der Waals surface area contributed by atoms with Crippen LogP contribution in [0.25, 0.3) is 11.2 Å². The van der Waals surface area contributed by atoms with Crippen molar-refractivity contribution < 1.29 is 4.52 Å². The van der Waals surface area contributed by atoms with E-state index in [0.717, 1.165) is 38.5 Å². The fourth-order valence-electron chi connectivity index (χ4n) is 2.36. The minimum Gasteiger partial charge on any atom is -0.361 e. The highest BCUT2D eigenvalue weighted by molar-refractivity contribution is 9.10. The van der Waals surface area contributed by atoms with Crippen LogP contribution in [0.3, 0.4) is 0 Å². The molecule has 3 heterocycles. The van der Waals surface area contributed by atoms with Crippen LogP contribution in [0.15, 0.2) is 21.3 Å². The third-order valence-electron chi connectivity index (χ3n) is 3.45. The zero-order valence-electron chi connectivity index (χ0n) is 11.7. The predicted molar refractivity (Wildman–Crippen MR) is 84.7 cm³/mol. The number of nitrogens with zero attached hydrogens (tertiary/aromatic N) is 4. The van der Waals surface area contributed by atoms with Crippen LogP contribution in [-0.2, 0) is 13.0 Å². The molecule has 21 heavy (non-hydrogen) atoms. The van der Waals surface area contributed by atoms with Gasteiger partial charge in [-0.15, -0.1) is 11.6 Å². The highest BCUT2D eigenvalue weighted by Gasteiger charge is 2.16. The average Bonchev–Trinajstić information content (AvgIpc) is 2.94. The second-order valence-electron chi connectivity index (χ2n) is 4.85. The zero-order chi connectivity index (χ0) is 15.0. The van der Waals surface area contributed by atoms with Crippen molar-refractivity contribution in [2.45, 2.75) is 26.8 Å². The summed E-state index contributed by atoms with van der Waals surface area (Å²) in [4.78, 5) is 9.12. The second-order valence-corrected chi connectivity index (χ2v) is 6.15. The molecule has 0 spiro atoms. The van der Waals surface area contributed by atoms with Gasteiger partial charge in [0.2, 0.25) is 0 Å². The summed E-state index contributed by atoms with van der Waals surface area (Å²) in [7, 11) is 0. The molecule has 5 nitrogen and oxygen atoms in total. The van der Waals surface area contributed by atoms with E-state index in [4.69, 9.17) is 16.1 Å². The molecule has 0 unspecified atom stereocenters. The van der Waals surface area contributed by atoms with Crippen molar-refractivity contribution in [3.8, 4) is 0 Å². The summed E-state index contributed by atoms with van der Waals surface area (Å²) in [6.07, 6.45) is 2.47. The summed E-state index contributed by atoms with van der Waals surface area (Å²) in [5, 5.41) is 4.00. The van der Waals surface area contributed by atoms with Crippen molar-refractivity contribution in [1.82, 2.24) is 19.7 Å². The maximum Gasteiger partial charge on any atom is 0.160 e. The number of fused-ring (bicyclic) bond motifs is 1. The van der Waals surface area contributed by atoms with Crippen molar-refractivity contribution in [2.75, 3.05) is 5.88 Å². The van der Waals surface area contributed by atoms with Crippen LogP contribution in [0.2, 0.25) is 0 Å². The van der Waals surface area contributed by atoms with Crippen LogP contribution in [0, 0.1) is 13.8 Å². The number of hydrogen-bond donors (Lipinski definition) is 0. The number of rotatable bonds is 4. The van der Waals surface area contributed by atoms with E-state index >= 15 is 0 Å². The van der Waals surface area contributed by atoms with E-state index in [-0.39, 0.29) is 0 Å². The minimum absolute atomic E-state index is 0.520. The Bertz CT molecular complexity index is 776. The molecule has 3 aromatic heterocycles. The molecule has 7 heteroatoms. The van der Waals surface area contributed by atoms with E-state index in [1.807, 2.05) is 19.9 Å². The molecule has 0 aromatic carbocycles. The molecule has 0 bridgehead atoms. The SMILES string of the molecule is Cc1noc(C)c1Cn1c(CCCl)nc2cc(Br)cnc21. The lowest BCUT2D eigenvalue weighted by Gasteiger charge is -2.07. The molecule has 0 aliphatic heterocycles. The molecule has 0 fully saturated rings. The molecule has 0 N–H and O–H groups in total. The Morgan fingerprint density at radius 1 is 1.38 bits per heavy atom. The fourth-order valence-corrected chi connectivity index (χ4v) is 2.85. The van der Waals surface area contributed by atoms with Crippen LogP contribution in [0.1, 0.15) is 22.8 Å². The van der Waals surface area contributed by atoms with E-state index in [2.05, 4.69) is 35.6 Å². The van der Waals surface area contributed by atoms with E-state index in [1.54, 1.807) is 6.20 Å². The molecule has 0 aliphatic carbocycles. The van der Waals surface area contributed by atoms with Gasteiger partial charge in [0.05, 0.1) is 12.2 Å². The first-order valence-electron chi connectivity index (χ1n) is 6.58. The number of pyridine rings is 1. The monoisotopic (exact) mass is 368 g/mol. The standard InChI is InChI=1S/C14H14BrClN4O/c1-8-11(9(2)21-19-8)7-20-13(3-4-16)18-12-5-10(15)6-17-14(12)20/h5-6H,3-4,7H2,1-2H3. The Morgan fingerprint density at radius 2 is 2.19 bits per heavy atom. The van der Waals surface area contributed by atoms with Crippen molar-refractivity contribution in [1.29, 1.82) is 0 Å². The first kappa shape index (κ1) is 14.5. The topological polar surface area (TPSA) is 56.7 Å². The second kappa shape index (κ2) is 5.77. The van der Waals surface area contributed by atoms with Gasteiger partial charge in [-0.25, -0.2) is 9.97 Å². The maximum atomic E-state index is 5.90. The summed E-state index contributed by atoms with van der Waals surface area (Å²) in [5.41, 5.74) is 3.66. The highest BCUT2D eigenvalue weighted by atomic mass is 79.9. The Balaban J connectivity index is 2.13. The molecule has 0 saturated heterocycles. The quantitative estimate of drug-likeness (QED) is 0.659. The molecule has 0 aliphatic rings. The van der Waals surface area contributed by atoms with Gasteiger partial charge in [0.15, 0.2) is 5.65 Å². The van der Waals surface area contributed by atoms with Crippen LogP contribution >= 0.6 is 27.5 Å². The Labute approximate surface area is 135 Å². The Kier molecular flexibility index (Phi) is 3.99. The predicted octanol–water partition coefficient (Wildman–Crippen LogP) is 3.63. The molecule has 0 atom stereocenters. The first-order valence-corrected chi connectivity index (χ1v) is 7.91. The van der Waals surface area contributed by atoms with E-state index < -0.39 is 0 Å². The van der Waals surface area contributed by atoms with Crippen LogP contribution in [0.4, 0.5) is 0 Å². The van der Waals surface area contributed by atoms with E-state index in [9.17, 15) is 0 Å². The number of imidazole rings is 1. The summed E-state index contributed by atoms with van der Waals surface area (Å²) in [6.45, 7) is 4.49. The largest absolute Gasteiger partial charge is 0.361 e. The van der Waals surface area contributed by atoms with Gasteiger partial charge in [-0.3, -0.25) is 0 Å². The summed E-state index contributed by atoms with van der Waals surface area (Å²) in [5.74, 6) is 2.26. The van der Waals surface area contributed by atoms with Gasteiger partial charge in [0, 0.05) is 28.5 Å². The molecule has 3 rings (SSSR count). The number of halogens is 2. The van der Waals surface area contributed by atoms with Gasteiger partial charge in [0.1, 0.15) is 17.1 Å². The summed E-state index contributed by atoms with van der Waals surface area (Å²) < 4.78 is 8.23. The van der Waals surface area contributed by atoms with E-state index in [0.29, 0.717) is 18.8 Å². The van der Waals surface area contributed by atoms with Gasteiger partial charge in [-0.1, -0.05) is 5.16 Å². The first-order chi connectivity index (χ1) is 10.1. The van der Waals surface area contributed by atoms with Gasteiger partial charge in [-0.05, 0) is 35.8 Å². The van der Waals surface area contributed by atoms with Gasteiger partial charge in [-0.2, -0.15) is 0 Å². The zero-order valence-corrected chi connectivity index (χ0v) is 14.1. The molecular weight excluding hydrogens is 356 g/mol. The number of hydrogen-bond acceptors (Lipinski definition) is 4. The normalized spacial score (nSPS) is 11.4. The maximum absolute atomic E-state index is 5.90. The summed E-state index contributed by atoms with van der Waals surface area (Å²) in [6, 6.07) is 1.96. The van der Waals surface area contributed by atoms with Gasteiger partial charge in [0.25, 0.3) is 0 Å². The van der Waals surface area contributed by atoms with E-state index in [1.165, 1.54) is 0 Å². The number of alkyl halides is 1. The van der Waals surface area contributed by atoms with Gasteiger partial charge >= 0.3 is 0 Å². The van der Waals surface area contributed by atoms with Crippen LogP contribution < -0.4 is 0 Å². The minimum atomic E-state index is 0.520. The molecule has 110 valence electrons. The molecule has 0 saturated carbocycles. The lowest BCUT2D eigenvalue weighted by molar-refractivity contribution is 0.392. The molecule has 0 amide bonds. The Morgan fingerprint density at radius 3 is 2.86 bits per heavy atom. The number of aromatic nitrogens is 4. The molecule has 0 radical (unpaired) electrons. The summed E-state index contributed by atoms with van der Waals surface area (Å²) >= 11 is 9.32. The third kappa shape index (κ3) is 2.70. The lowest BCUT2D eigenvalue weighted by Crippen LogP contribution is -2.08. The van der Waals surface area contributed by atoms with Crippen molar-refractivity contribution >= 4 is 38.7 Å². The van der Waals surface area contributed by atoms with Crippen LogP contribution in [-0.4, -0.2) is 25.6 Å². The fraction of sp³-hybridized carbons (Fsp3) is 0.357. The Hall–Kier alpha value is -1.40.